The molecule has 3 aromatic rings. The van der Waals surface area contributed by atoms with Crippen molar-refractivity contribution in [3.63, 3.8) is 0 Å². The smallest absolute Gasteiger partial charge is 0.321 e. The maximum absolute atomic E-state index is 13.7. The number of nitrogens with zero attached hydrogens (tertiary/aromatic N) is 4. The van der Waals surface area contributed by atoms with E-state index in [1.807, 2.05) is 12.1 Å². The first-order valence-corrected chi connectivity index (χ1v) is 11.1. The van der Waals surface area contributed by atoms with Crippen LogP contribution in [0.25, 0.3) is 11.4 Å². The average molecular weight is 436 g/mol. The van der Waals surface area contributed by atoms with Gasteiger partial charge in [-0.3, -0.25) is 0 Å². The number of piperazine rings is 1. The lowest BCUT2D eigenvalue weighted by Crippen LogP contribution is -2.50. The van der Waals surface area contributed by atoms with Gasteiger partial charge in [-0.25, -0.2) is 9.18 Å². The van der Waals surface area contributed by atoms with Crippen LogP contribution < -0.4 is 10.2 Å². The van der Waals surface area contributed by atoms with E-state index in [-0.39, 0.29) is 11.8 Å². The van der Waals surface area contributed by atoms with Gasteiger partial charge < -0.3 is 19.6 Å². The zero-order chi connectivity index (χ0) is 22.1. The Kier molecular flexibility index (Phi) is 5.51. The van der Waals surface area contributed by atoms with Crippen LogP contribution in [0.4, 0.5) is 20.6 Å². The Hall–Kier alpha value is -3.42. The van der Waals surface area contributed by atoms with Gasteiger partial charge in [0.15, 0.2) is 0 Å². The molecule has 8 heteroatoms. The molecule has 2 amide bonds. The van der Waals surface area contributed by atoms with Crippen molar-refractivity contribution in [2.75, 3.05) is 36.4 Å². The van der Waals surface area contributed by atoms with Gasteiger partial charge >= 0.3 is 6.03 Å². The zero-order valence-electron chi connectivity index (χ0n) is 18.1. The fourth-order valence-electron chi connectivity index (χ4n) is 4.04. The highest BCUT2D eigenvalue weighted by Gasteiger charge is 2.26. The molecule has 0 unspecified atom stereocenters. The summed E-state index contributed by atoms with van der Waals surface area (Å²) in [7, 11) is 0. The molecule has 1 aliphatic carbocycles. The highest BCUT2D eigenvalue weighted by Crippen LogP contribution is 2.36. The Balaban J connectivity index is 1.16. The van der Waals surface area contributed by atoms with Gasteiger partial charge in [0.05, 0.1) is 0 Å². The van der Waals surface area contributed by atoms with Crippen LogP contribution in [0, 0.1) is 12.7 Å². The van der Waals surface area contributed by atoms with Crippen molar-refractivity contribution >= 4 is 17.4 Å². The Morgan fingerprint density at radius 3 is 2.50 bits per heavy atom. The number of aromatic nitrogens is 2. The van der Waals surface area contributed by atoms with Gasteiger partial charge in [0.2, 0.25) is 11.7 Å². The standard InChI is InChI=1S/C24H26FN5O2/c1-16-5-8-19(15-21(16)25)26-24(31)30-13-11-29(12-14-30)20-9-6-17(7-10-20)22-27-23(32-28-22)18-3-2-4-18/h5-10,15,18H,2-4,11-14H2,1H3,(H,26,31). The number of hydrogen-bond donors (Lipinski definition) is 1. The normalized spacial score (nSPS) is 16.7. The van der Waals surface area contributed by atoms with Crippen LogP contribution in [-0.4, -0.2) is 47.3 Å². The first kappa shape index (κ1) is 20.5. The van der Waals surface area contributed by atoms with Gasteiger partial charge in [-0.05, 0) is 61.7 Å². The molecule has 2 aliphatic rings. The second kappa shape index (κ2) is 8.61. The third kappa shape index (κ3) is 4.17. The van der Waals surface area contributed by atoms with Crippen molar-refractivity contribution in [2.24, 2.45) is 0 Å². The molecule has 7 nitrogen and oxygen atoms in total. The van der Waals surface area contributed by atoms with E-state index in [9.17, 15) is 9.18 Å². The number of amides is 2. The average Bonchev–Trinajstić information content (AvgIpc) is 3.25. The Bertz CT molecular complexity index is 1100. The third-order valence-electron chi connectivity index (χ3n) is 6.38. The van der Waals surface area contributed by atoms with Crippen LogP contribution >= 0.6 is 0 Å². The summed E-state index contributed by atoms with van der Waals surface area (Å²) >= 11 is 0. The fourth-order valence-corrected chi connectivity index (χ4v) is 4.04. The van der Waals surface area contributed by atoms with E-state index < -0.39 is 0 Å². The monoisotopic (exact) mass is 435 g/mol. The quantitative estimate of drug-likeness (QED) is 0.637. The van der Waals surface area contributed by atoms with Crippen LogP contribution in [0.1, 0.15) is 36.6 Å². The summed E-state index contributed by atoms with van der Waals surface area (Å²) in [6, 6.07) is 12.7. The van der Waals surface area contributed by atoms with Gasteiger partial charge in [-0.1, -0.05) is 17.6 Å². The minimum Gasteiger partial charge on any atom is -0.368 e. The number of aryl methyl sites for hydroxylation is 1. The number of hydrogen-bond acceptors (Lipinski definition) is 5. The van der Waals surface area contributed by atoms with Crippen molar-refractivity contribution in [1.29, 1.82) is 0 Å². The summed E-state index contributed by atoms with van der Waals surface area (Å²) in [5.41, 5.74) is 3.06. The number of anilines is 2. The zero-order valence-corrected chi connectivity index (χ0v) is 18.1. The topological polar surface area (TPSA) is 74.5 Å². The van der Waals surface area contributed by atoms with Crippen LogP contribution in [0.15, 0.2) is 47.0 Å². The van der Waals surface area contributed by atoms with E-state index in [1.165, 1.54) is 12.5 Å². The summed E-state index contributed by atoms with van der Waals surface area (Å²) < 4.78 is 19.1. The summed E-state index contributed by atoms with van der Waals surface area (Å²) in [5, 5.41) is 6.91. The lowest BCUT2D eigenvalue weighted by molar-refractivity contribution is 0.208. The van der Waals surface area contributed by atoms with Gasteiger partial charge in [0.1, 0.15) is 5.82 Å². The van der Waals surface area contributed by atoms with Crippen LogP contribution in [-0.2, 0) is 0 Å². The molecule has 5 rings (SSSR count). The molecule has 0 bridgehead atoms. The highest BCUT2D eigenvalue weighted by atomic mass is 19.1. The Morgan fingerprint density at radius 1 is 1.09 bits per heavy atom. The number of rotatable bonds is 4. The molecule has 2 heterocycles. The predicted octanol–water partition coefficient (Wildman–Crippen LogP) is 4.81. The molecule has 2 aromatic carbocycles. The van der Waals surface area contributed by atoms with Crippen LogP contribution in [0.2, 0.25) is 0 Å². The van der Waals surface area contributed by atoms with E-state index >= 15 is 0 Å². The Morgan fingerprint density at radius 2 is 1.84 bits per heavy atom. The van der Waals surface area contributed by atoms with Crippen LogP contribution in [0.5, 0.6) is 0 Å². The van der Waals surface area contributed by atoms with Crippen molar-refractivity contribution in [1.82, 2.24) is 15.0 Å². The lowest BCUT2D eigenvalue weighted by atomic mass is 9.85. The maximum atomic E-state index is 13.7. The largest absolute Gasteiger partial charge is 0.368 e. The number of nitrogens with one attached hydrogen (secondary N) is 1. The van der Waals surface area contributed by atoms with E-state index in [2.05, 4.69) is 32.5 Å². The van der Waals surface area contributed by atoms with Gasteiger partial charge in [-0.15, -0.1) is 0 Å². The number of benzene rings is 2. The molecule has 1 aromatic heterocycles. The molecule has 0 radical (unpaired) electrons. The number of halogens is 1. The lowest BCUT2D eigenvalue weighted by Gasteiger charge is -2.36. The molecule has 32 heavy (non-hydrogen) atoms. The summed E-state index contributed by atoms with van der Waals surface area (Å²) in [6.07, 6.45) is 3.50. The van der Waals surface area contributed by atoms with Gasteiger partial charge in [0, 0.05) is 49.0 Å². The molecule has 0 atom stereocenters. The second-order valence-corrected chi connectivity index (χ2v) is 8.50. The summed E-state index contributed by atoms with van der Waals surface area (Å²) in [5.74, 6) is 1.48. The molecule has 1 saturated heterocycles. The third-order valence-corrected chi connectivity index (χ3v) is 6.38. The summed E-state index contributed by atoms with van der Waals surface area (Å²) in [4.78, 5) is 21.1. The van der Waals surface area contributed by atoms with Crippen LogP contribution in [0.3, 0.4) is 0 Å². The molecule has 2 fully saturated rings. The minimum atomic E-state index is -0.323. The molecule has 1 N–H and O–H groups in total. The maximum Gasteiger partial charge on any atom is 0.321 e. The minimum absolute atomic E-state index is 0.206. The van der Waals surface area contributed by atoms with E-state index in [0.29, 0.717) is 36.1 Å². The number of carbonyl (C=O) groups excluding carboxylic acids is 1. The highest BCUT2D eigenvalue weighted by molar-refractivity contribution is 5.89. The number of carbonyl (C=O) groups is 1. The van der Waals surface area contributed by atoms with Gasteiger partial charge in [0.25, 0.3) is 0 Å². The molecular weight excluding hydrogens is 409 g/mol. The molecule has 166 valence electrons. The van der Waals surface area contributed by atoms with Crippen molar-refractivity contribution in [3.8, 4) is 11.4 Å². The van der Waals surface area contributed by atoms with Crippen molar-refractivity contribution < 1.29 is 13.7 Å². The predicted molar refractivity (Wildman–Crippen MR) is 120 cm³/mol. The molecule has 1 saturated carbocycles. The second-order valence-electron chi connectivity index (χ2n) is 8.50. The fraction of sp³-hybridized carbons (Fsp3) is 0.375. The first-order chi connectivity index (χ1) is 15.6. The van der Waals surface area contributed by atoms with Crippen molar-refractivity contribution in [3.05, 3.63) is 59.7 Å². The molecular formula is C24H26FN5O2. The Labute approximate surface area is 186 Å². The first-order valence-electron chi connectivity index (χ1n) is 11.1. The molecule has 1 aliphatic heterocycles. The van der Waals surface area contributed by atoms with E-state index in [1.54, 1.807) is 24.0 Å². The summed E-state index contributed by atoms with van der Waals surface area (Å²) in [6.45, 7) is 4.34. The number of urea groups is 1. The van der Waals surface area contributed by atoms with E-state index in [4.69, 9.17) is 4.52 Å². The SMILES string of the molecule is Cc1ccc(NC(=O)N2CCN(c3ccc(-c4noc(C5CCC5)n4)cc3)CC2)cc1F. The van der Waals surface area contributed by atoms with E-state index in [0.717, 1.165) is 43.1 Å². The van der Waals surface area contributed by atoms with Gasteiger partial charge in [-0.2, -0.15) is 4.98 Å². The molecule has 0 spiro atoms. The van der Waals surface area contributed by atoms with Crippen molar-refractivity contribution in [2.45, 2.75) is 32.1 Å².